The predicted molar refractivity (Wildman–Crippen MR) is 271 cm³/mol. The molecule has 0 unspecified atom stereocenters. The number of benzene rings is 4. The van der Waals surface area contributed by atoms with Crippen molar-refractivity contribution in [2.45, 2.75) is 39.5 Å². The second-order valence-corrected chi connectivity index (χ2v) is 21.5. The van der Waals surface area contributed by atoms with Crippen LogP contribution in [0.1, 0.15) is 37.8 Å². The first-order valence-electron chi connectivity index (χ1n) is 20.6. The Morgan fingerprint density at radius 1 is 0.217 bits per heavy atom. The lowest BCUT2D eigenvalue weighted by Crippen LogP contribution is -1.83. The van der Waals surface area contributed by atoms with Gasteiger partial charge in [0.2, 0.25) is 0 Å². The Kier molecular flexibility index (Phi) is 11.5. The summed E-state index contributed by atoms with van der Waals surface area (Å²) in [5.74, 6) is 0. The Labute approximate surface area is 377 Å². The third-order valence-electron chi connectivity index (χ3n) is 10.8. The van der Waals surface area contributed by atoms with Gasteiger partial charge >= 0.3 is 0 Å². The zero-order valence-electron chi connectivity index (χ0n) is 33.4. The van der Waals surface area contributed by atoms with Gasteiger partial charge in [-0.1, -0.05) is 124 Å². The van der Waals surface area contributed by atoms with Gasteiger partial charge in [0.05, 0.1) is 0 Å². The molecule has 0 saturated carbocycles. The van der Waals surface area contributed by atoms with Crippen molar-refractivity contribution in [1.82, 2.24) is 0 Å². The Balaban J connectivity index is 0.783. The summed E-state index contributed by atoms with van der Waals surface area (Å²) in [5, 5.41) is 0. The van der Waals surface area contributed by atoms with Crippen molar-refractivity contribution < 1.29 is 0 Å². The quantitative estimate of drug-likeness (QED) is 0.108. The van der Waals surface area contributed by atoms with E-state index in [-0.39, 0.29) is 0 Å². The monoisotopic (exact) mass is 882 g/mol. The molecule has 0 bridgehead atoms. The number of aryl methyl sites for hydroxylation is 2. The smallest absolute Gasteiger partial charge is 0.0449 e. The largest absolute Gasteiger partial charge is 0.134 e. The highest BCUT2D eigenvalue weighted by Gasteiger charge is 2.15. The summed E-state index contributed by atoms with van der Waals surface area (Å²) < 4.78 is 0. The minimum absolute atomic E-state index is 1.14. The van der Waals surface area contributed by atoms with Gasteiger partial charge in [-0.2, -0.15) is 0 Å². The summed E-state index contributed by atoms with van der Waals surface area (Å²) >= 11 is 11.3. The minimum atomic E-state index is 1.14. The van der Waals surface area contributed by atoms with E-state index in [9.17, 15) is 0 Å². The van der Waals surface area contributed by atoms with E-state index < -0.39 is 0 Å². The molecule has 0 saturated heterocycles. The predicted octanol–water partition coefficient (Wildman–Crippen LogP) is 19.0. The fraction of sp³-hybridized carbons (Fsp3) is 0.111. The SMILES string of the molecule is CCCc1ccc(-c2ccc(-c3ccc(-c4ccc(-c5ccc(-c6ccc(-c7ccc(-c8ccc(-c9ccc(-c%10ccc(CCC)cc%10)cc9)s8)s7)s6)s5)s4)s3)cc2)cc1. The molecule has 294 valence electrons. The van der Waals surface area contributed by atoms with Gasteiger partial charge in [-0.3, -0.25) is 0 Å². The normalized spacial score (nSPS) is 11.4. The van der Waals surface area contributed by atoms with Gasteiger partial charge in [-0.05, 0) is 130 Å². The molecule has 0 nitrogen and oxygen atoms in total. The summed E-state index contributed by atoms with van der Waals surface area (Å²) in [6.07, 6.45) is 4.64. The maximum atomic E-state index is 2.30. The molecule has 10 rings (SSSR count). The third kappa shape index (κ3) is 8.38. The summed E-state index contributed by atoms with van der Waals surface area (Å²) in [6, 6.07) is 63.6. The molecule has 0 N–H and O–H groups in total. The van der Waals surface area contributed by atoms with Crippen molar-refractivity contribution in [3.05, 3.63) is 181 Å². The van der Waals surface area contributed by atoms with Crippen LogP contribution in [-0.4, -0.2) is 0 Å². The lowest BCUT2D eigenvalue weighted by atomic mass is 10.0. The van der Waals surface area contributed by atoms with E-state index in [1.54, 1.807) is 0 Å². The standard InChI is InChI=1S/C54H42S6/c1-3-5-35-7-11-37(12-8-35)39-15-19-41(20-16-39)43-23-25-45(55-43)47-27-29-49(57-47)51-31-33-53(59-51)54-34-32-52(60-54)50-30-28-48(58-50)46-26-24-44(56-46)42-21-17-40(18-22-42)38-13-9-36(6-4-2)10-14-38/h7-34H,3-6H2,1-2H3. The molecule has 0 fully saturated rings. The molecule has 0 radical (unpaired) electrons. The van der Waals surface area contributed by atoms with Crippen molar-refractivity contribution in [1.29, 1.82) is 0 Å². The molecule has 60 heavy (non-hydrogen) atoms. The lowest BCUT2D eigenvalue weighted by Gasteiger charge is -2.05. The zero-order valence-corrected chi connectivity index (χ0v) is 38.3. The van der Waals surface area contributed by atoms with E-state index in [0.29, 0.717) is 0 Å². The van der Waals surface area contributed by atoms with Crippen LogP contribution in [0.3, 0.4) is 0 Å². The van der Waals surface area contributed by atoms with E-state index >= 15 is 0 Å². The summed E-state index contributed by atoms with van der Waals surface area (Å²) in [4.78, 5) is 15.9. The van der Waals surface area contributed by atoms with Gasteiger partial charge in [-0.25, -0.2) is 0 Å². The van der Waals surface area contributed by atoms with E-state index in [2.05, 4.69) is 184 Å². The van der Waals surface area contributed by atoms with Crippen molar-refractivity contribution >= 4 is 68.0 Å². The molecule has 6 heterocycles. The molecule has 0 aliphatic carbocycles. The third-order valence-corrected chi connectivity index (χ3v) is 18.4. The van der Waals surface area contributed by atoms with E-state index in [0.717, 1.165) is 12.8 Å². The molecule has 10 aromatic rings. The van der Waals surface area contributed by atoms with Crippen LogP contribution in [0.25, 0.3) is 91.9 Å². The number of hydrogen-bond acceptors (Lipinski definition) is 6. The Bertz CT molecular complexity index is 2770. The second kappa shape index (κ2) is 17.6. The van der Waals surface area contributed by atoms with Gasteiger partial charge in [0.1, 0.15) is 0 Å². The van der Waals surface area contributed by atoms with Gasteiger partial charge in [-0.15, -0.1) is 68.0 Å². The van der Waals surface area contributed by atoms with Gasteiger partial charge in [0, 0.05) is 58.5 Å². The molecule has 0 spiro atoms. The van der Waals surface area contributed by atoms with Crippen molar-refractivity contribution in [2.24, 2.45) is 0 Å². The van der Waals surface area contributed by atoms with E-state index in [4.69, 9.17) is 0 Å². The topological polar surface area (TPSA) is 0 Å². The molecule has 0 aliphatic heterocycles. The lowest BCUT2D eigenvalue weighted by molar-refractivity contribution is 0.922. The van der Waals surface area contributed by atoms with Gasteiger partial charge < -0.3 is 0 Å². The van der Waals surface area contributed by atoms with Crippen LogP contribution in [0.5, 0.6) is 0 Å². The average Bonchev–Trinajstić information content (AvgIpc) is 4.15. The molecule has 6 aromatic heterocycles. The van der Waals surface area contributed by atoms with Crippen LogP contribution in [-0.2, 0) is 12.8 Å². The van der Waals surface area contributed by atoms with Crippen LogP contribution in [0.15, 0.2) is 170 Å². The number of rotatable bonds is 13. The Hall–Kier alpha value is -4.92. The Morgan fingerprint density at radius 3 is 0.633 bits per heavy atom. The summed E-state index contributed by atoms with van der Waals surface area (Å²) in [5.41, 5.74) is 10.4. The number of hydrogen-bond donors (Lipinski definition) is 0. The number of thiophene rings is 6. The highest BCUT2D eigenvalue weighted by atomic mass is 32.1. The molecule has 0 atom stereocenters. The Morgan fingerprint density at radius 2 is 0.400 bits per heavy atom. The van der Waals surface area contributed by atoms with Crippen molar-refractivity contribution in [3.8, 4) is 91.9 Å². The average molecular weight is 883 g/mol. The van der Waals surface area contributed by atoms with Crippen LogP contribution >= 0.6 is 68.0 Å². The van der Waals surface area contributed by atoms with Gasteiger partial charge in [0.15, 0.2) is 0 Å². The first kappa shape index (κ1) is 39.2. The molecule has 6 heteroatoms. The van der Waals surface area contributed by atoms with Crippen LogP contribution in [0, 0.1) is 0 Å². The maximum Gasteiger partial charge on any atom is 0.0449 e. The first-order chi connectivity index (χ1) is 29.6. The minimum Gasteiger partial charge on any atom is -0.134 e. The zero-order chi connectivity index (χ0) is 40.4. The maximum absolute atomic E-state index is 2.30. The first-order valence-corrected chi connectivity index (χ1v) is 25.5. The molecular weight excluding hydrogens is 841 g/mol. The summed E-state index contributed by atoms with van der Waals surface area (Å²) in [6.45, 7) is 4.47. The van der Waals surface area contributed by atoms with Crippen LogP contribution in [0.4, 0.5) is 0 Å². The van der Waals surface area contributed by atoms with Crippen LogP contribution in [0.2, 0.25) is 0 Å². The fourth-order valence-corrected chi connectivity index (χ4v) is 14.1. The molecule has 4 aromatic carbocycles. The molecule has 0 amide bonds. The van der Waals surface area contributed by atoms with Crippen molar-refractivity contribution in [3.63, 3.8) is 0 Å². The van der Waals surface area contributed by atoms with Gasteiger partial charge in [0.25, 0.3) is 0 Å². The highest BCUT2D eigenvalue weighted by Crippen LogP contribution is 2.47. The highest BCUT2D eigenvalue weighted by molar-refractivity contribution is 7.30. The second-order valence-electron chi connectivity index (χ2n) is 15.0. The summed E-state index contributed by atoms with van der Waals surface area (Å²) in [7, 11) is 0. The van der Waals surface area contributed by atoms with Crippen LogP contribution < -0.4 is 0 Å². The van der Waals surface area contributed by atoms with Crippen molar-refractivity contribution in [2.75, 3.05) is 0 Å². The fourth-order valence-electron chi connectivity index (χ4n) is 7.62. The van der Waals surface area contributed by atoms with E-state index in [1.807, 2.05) is 68.0 Å². The molecular formula is C54H42S6. The molecule has 0 aliphatic rings. The van der Waals surface area contributed by atoms with E-state index in [1.165, 1.54) is 116 Å².